The van der Waals surface area contributed by atoms with Crippen LogP contribution in [-0.2, 0) is 28.8 Å². The fourth-order valence-electron chi connectivity index (χ4n) is 4.92. The van der Waals surface area contributed by atoms with Crippen LogP contribution in [0.3, 0.4) is 0 Å². The van der Waals surface area contributed by atoms with E-state index in [4.69, 9.17) is 11.5 Å². The number of carbonyl (C=O) groups excluding carboxylic acids is 2. The average molecular weight is 587 g/mol. The topological polar surface area (TPSA) is 111 Å². The molecule has 0 saturated heterocycles. The monoisotopic (exact) mass is 586 g/mol. The maximum Gasteiger partial charge on any atom is 0.302 e. The number of aryl methyl sites for hydroxylation is 2. The molecule has 1 aliphatic carbocycles. The lowest BCUT2D eigenvalue weighted by molar-refractivity contribution is -0.140. The van der Waals surface area contributed by atoms with Gasteiger partial charge in [-0.05, 0) is 92.1 Å². The third-order valence-corrected chi connectivity index (χ3v) is 7.10. The molecule has 7 nitrogen and oxygen atoms in total. The molecule has 0 heterocycles. The Hall–Kier alpha value is -3.97. The Morgan fingerprint density at radius 3 is 2.19 bits per heavy atom. The number of unbranched alkanes of at least 4 members (excludes halogenated alkanes) is 3. The Morgan fingerprint density at radius 2 is 1.53 bits per heavy atom. The summed E-state index contributed by atoms with van der Waals surface area (Å²) in [4.78, 5) is 29.9. The molecule has 0 atom stereocenters. The second-order valence-electron chi connectivity index (χ2n) is 10.2. The summed E-state index contributed by atoms with van der Waals surface area (Å²) in [6.45, 7) is 9.51. The van der Waals surface area contributed by atoms with E-state index in [1.807, 2.05) is 49.1 Å². The molecule has 0 saturated carbocycles. The lowest BCUT2D eigenvalue weighted by atomic mass is 9.98. The molecule has 4 rings (SSSR count). The second-order valence-corrected chi connectivity index (χ2v) is 10.2. The molecule has 43 heavy (non-hydrogen) atoms. The van der Waals surface area contributed by atoms with Gasteiger partial charge in [0.1, 0.15) is 0 Å². The van der Waals surface area contributed by atoms with Crippen molar-refractivity contribution >= 4 is 29.5 Å². The van der Waals surface area contributed by atoms with Crippen LogP contribution in [0.5, 0.6) is 0 Å². The highest BCUT2D eigenvalue weighted by Crippen LogP contribution is 2.26. The van der Waals surface area contributed by atoms with Crippen LogP contribution < -0.4 is 11.5 Å². The molecule has 0 bridgehead atoms. The van der Waals surface area contributed by atoms with Gasteiger partial charge >= 0.3 is 5.97 Å². The van der Waals surface area contributed by atoms with Gasteiger partial charge in [-0.3, -0.25) is 14.6 Å². The minimum atomic E-state index is -0.211. The minimum absolute atomic E-state index is 0.0524. The summed E-state index contributed by atoms with van der Waals surface area (Å²) in [6, 6.07) is 22.4. The highest BCUT2D eigenvalue weighted by Gasteiger charge is 2.19. The number of nitrogen functional groups attached to an aromatic ring is 1. The van der Waals surface area contributed by atoms with Crippen molar-refractivity contribution in [1.82, 2.24) is 4.90 Å². The molecule has 7 heteroatoms. The van der Waals surface area contributed by atoms with Crippen LogP contribution in [0, 0.1) is 0 Å². The summed E-state index contributed by atoms with van der Waals surface area (Å²) >= 11 is 0. The number of rotatable bonds is 11. The van der Waals surface area contributed by atoms with Gasteiger partial charge in [0.2, 0.25) is 0 Å². The largest absolute Gasteiger partial charge is 0.466 e. The van der Waals surface area contributed by atoms with Crippen molar-refractivity contribution in [2.75, 3.05) is 32.0 Å². The van der Waals surface area contributed by atoms with Crippen molar-refractivity contribution in [1.29, 1.82) is 0 Å². The van der Waals surface area contributed by atoms with Crippen molar-refractivity contribution in [3.63, 3.8) is 0 Å². The van der Waals surface area contributed by atoms with Crippen LogP contribution in [0.4, 0.5) is 11.4 Å². The zero-order valence-corrected chi connectivity index (χ0v) is 26.5. The molecule has 1 amide bonds. The molecular formula is C36H50N4O3. The van der Waals surface area contributed by atoms with Crippen molar-refractivity contribution in [3.05, 3.63) is 94.5 Å². The summed E-state index contributed by atoms with van der Waals surface area (Å²) in [5, 5.41) is 0. The highest BCUT2D eigenvalue weighted by molar-refractivity contribution is 5.95. The fourth-order valence-corrected chi connectivity index (χ4v) is 4.92. The third-order valence-electron chi connectivity index (χ3n) is 7.10. The molecule has 0 aromatic heterocycles. The smallest absolute Gasteiger partial charge is 0.302 e. The first-order valence-electron chi connectivity index (χ1n) is 15.6. The van der Waals surface area contributed by atoms with E-state index in [2.05, 4.69) is 46.1 Å². The Balaban J connectivity index is 0.000000720. The Kier molecular flexibility index (Phi) is 16.4. The number of carbonyl (C=O) groups is 2. The fraction of sp³-hybridized carbons (Fsp3) is 0.417. The summed E-state index contributed by atoms with van der Waals surface area (Å²) in [7, 11) is 0. The molecule has 0 radical (unpaired) electrons. The predicted octanol–water partition coefficient (Wildman–Crippen LogP) is 6.92. The van der Waals surface area contributed by atoms with E-state index in [-0.39, 0.29) is 11.9 Å². The maximum atomic E-state index is 13.6. The Labute approximate surface area is 258 Å². The number of amides is 1. The van der Waals surface area contributed by atoms with Crippen molar-refractivity contribution in [2.45, 2.75) is 72.6 Å². The molecule has 1 aliphatic rings. The number of fused-ring (bicyclic) bond motifs is 2. The van der Waals surface area contributed by atoms with Crippen molar-refractivity contribution < 1.29 is 14.3 Å². The van der Waals surface area contributed by atoms with Gasteiger partial charge in [-0.15, -0.1) is 0 Å². The standard InChI is InChI=1S/C30H36N4O.C4H8O2.C2H6/c31-17-7-1-2-8-19-34(20-18-33-29-12-6-5-11-28(29)32)30(35)26-16-15-24-14-13-23-9-3-4-10-25(23)21-27(24)22-26;1-3-6-4(2)5;1-2/h3-6,9-12,15-16,18,22H,1-2,7-8,13-14,17,19-21,31-32H2;3H2,1-2H3;1-2H3. The first-order chi connectivity index (χ1) is 20.9. The Bertz CT molecular complexity index is 1310. The van der Waals surface area contributed by atoms with E-state index >= 15 is 0 Å². The van der Waals surface area contributed by atoms with Crippen molar-refractivity contribution in [3.8, 4) is 0 Å². The third kappa shape index (κ3) is 12.0. The summed E-state index contributed by atoms with van der Waals surface area (Å²) in [5.74, 6) is -0.158. The highest BCUT2D eigenvalue weighted by atomic mass is 16.5. The van der Waals surface area contributed by atoms with Gasteiger partial charge in [0, 0.05) is 25.2 Å². The van der Waals surface area contributed by atoms with E-state index in [1.54, 1.807) is 13.1 Å². The number of nitrogens with zero attached hydrogens (tertiary/aromatic N) is 2. The number of benzene rings is 3. The number of anilines is 1. The number of hydrogen-bond donors (Lipinski definition) is 2. The molecule has 4 N–H and O–H groups in total. The lowest BCUT2D eigenvalue weighted by Crippen LogP contribution is -2.33. The summed E-state index contributed by atoms with van der Waals surface area (Å²) in [6.07, 6.45) is 8.85. The first kappa shape index (κ1) is 35.2. The SMILES string of the molecule is CC.CCOC(C)=O.NCCCCCCN(CC=Nc1ccccc1N)C(=O)c1ccc2c(c1)Cc1ccccc1CC2. The van der Waals surface area contributed by atoms with Crippen LogP contribution in [0.1, 0.15) is 86.0 Å². The summed E-state index contributed by atoms with van der Waals surface area (Å²) in [5.41, 5.74) is 19.1. The van der Waals surface area contributed by atoms with E-state index in [0.717, 1.165) is 56.2 Å². The lowest BCUT2D eigenvalue weighted by Gasteiger charge is -2.22. The minimum Gasteiger partial charge on any atom is -0.466 e. The maximum absolute atomic E-state index is 13.6. The van der Waals surface area contributed by atoms with Gasteiger partial charge < -0.3 is 21.1 Å². The zero-order chi connectivity index (χ0) is 31.5. The number of ether oxygens (including phenoxy) is 1. The first-order valence-corrected chi connectivity index (χ1v) is 15.6. The number of nitrogens with two attached hydrogens (primary N) is 2. The van der Waals surface area contributed by atoms with Crippen LogP contribution in [-0.4, -0.2) is 49.2 Å². The number of hydrogen-bond acceptors (Lipinski definition) is 6. The molecule has 0 spiro atoms. The van der Waals surface area contributed by atoms with Crippen LogP contribution in [0.25, 0.3) is 0 Å². The van der Waals surface area contributed by atoms with Gasteiger partial charge in [0.25, 0.3) is 5.91 Å². The number of aliphatic imine (C=N–C) groups is 1. The van der Waals surface area contributed by atoms with Gasteiger partial charge in [-0.25, -0.2) is 0 Å². The van der Waals surface area contributed by atoms with Gasteiger partial charge in [-0.1, -0.05) is 69.2 Å². The van der Waals surface area contributed by atoms with Crippen LogP contribution in [0.2, 0.25) is 0 Å². The molecule has 3 aromatic rings. The zero-order valence-electron chi connectivity index (χ0n) is 26.5. The molecule has 232 valence electrons. The van der Waals surface area contributed by atoms with E-state index in [1.165, 1.54) is 29.2 Å². The predicted molar refractivity (Wildman–Crippen MR) is 179 cm³/mol. The molecule has 0 fully saturated rings. The second kappa shape index (κ2) is 20.0. The van der Waals surface area contributed by atoms with E-state index in [0.29, 0.717) is 31.9 Å². The molecule has 3 aromatic carbocycles. The molecule has 0 aliphatic heterocycles. The van der Waals surface area contributed by atoms with Gasteiger partial charge in [0.05, 0.1) is 24.5 Å². The average Bonchev–Trinajstić information content (AvgIpc) is 3.21. The van der Waals surface area contributed by atoms with E-state index in [9.17, 15) is 9.59 Å². The van der Waals surface area contributed by atoms with E-state index < -0.39 is 0 Å². The number of esters is 1. The molecular weight excluding hydrogens is 536 g/mol. The van der Waals surface area contributed by atoms with Crippen LogP contribution in [0.15, 0.2) is 71.7 Å². The van der Waals surface area contributed by atoms with Crippen molar-refractivity contribution in [2.24, 2.45) is 10.7 Å². The Morgan fingerprint density at radius 1 is 0.884 bits per heavy atom. The molecule has 0 unspecified atom stereocenters. The van der Waals surface area contributed by atoms with Gasteiger partial charge in [-0.2, -0.15) is 0 Å². The van der Waals surface area contributed by atoms with Crippen LogP contribution >= 0.6 is 0 Å². The van der Waals surface area contributed by atoms with Gasteiger partial charge in [0.15, 0.2) is 0 Å². The normalized spacial score (nSPS) is 11.6. The quantitative estimate of drug-likeness (QED) is 0.110. The number of para-hydroxylation sites is 2. The summed E-state index contributed by atoms with van der Waals surface area (Å²) < 4.78 is 4.40.